The molecule has 0 bridgehead atoms. The van der Waals surface area contributed by atoms with Crippen molar-refractivity contribution in [2.45, 2.75) is 52.0 Å². The Hall–Kier alpha value is -1.84. The Labute approximate surface area is 124 Å². The molecule has 0 saturated heterocycles. The van der Waals surface area contributed by atoms with E-state index in [-0.39, 0.29) is 0 Å². The first-order valence-corrected chi connectivity index (χ1v) is 7.79. The molecule has 0 atom stereocenters. The molecule has 1 heterocycles. The van der Waals surface area contributed by atoms with E-state index < -0.39 is 5.97 Å². The quantitative estimate of drug-likeness (QED) is 0.922. The molecule has 4 heteroatoms. The van der Waals surface area contributed by atoms with Gasteiger partial charge in [-0.25, -0.2) is 9.78 Å². The summed E-state index contributed by atoms with van der Waals surface area (Å²) in [6, 6.07) is 5.28. The number of nitrogens with zero attached hydrogens (tertiary/aromatic N) is 2. The van der Waals surface area contributed by atoms with Crippen molar-refractivity contribution in [2.24, 2.45) is 5.92 Å². The van der Waals surface area contributed by atoms with Crippen LogP contribution in [-0.4, -0.2) is 20.6 Å². The van der Waals surface area contributed by atoms with Gasteiger partial charge in [-0.1, -0.05) is 26.7 Å². The van der Waals surface area contributed by atoms with Crippen LogP contribution in [0.15, 0.2) is 18.2 Å². The van der Waals surface area contributed by atoms with Crippen LogP contribution in [0.3, 0.4) is 0 Å². The molecule has 1 aromatic carbocycles. The molecule has 2 aromatic rings. The summed E-state index contributed by atoms with van der Waals surface area (Å²) in [5.74, 6) is 1.25. The summed E-state index contributed by atoms with van der Waals surface area (Å²) in [5, 5.41) is 9.12. The first-order chi connectivity index (χ1) is 10.1. The molecule has 1 aliphatic carbocycles. The van der Waals surface area contributed by atoms with Crippen molar-refractivity contribution >= 4 is 17.0 Å². The third-order valence-corrected chi connectivity index (χ3v) is 4.46. The van der Waals surface area contributed by atoms with Gasteiger partial charge in [-0.05, 0) is 37.0 Å². The molecule has 112 valence electrons. The molecule has 1 saturated carbocycles. The van der Waals surface area contributed by atoms with Gasteiger partial charge in [0.25, 0.3) is 0 Å². The lowest BCUT2D eigenvalue weighted by Crippen LogP contribution is -2.11. The largest absolute Gasteiger partial charge is 0.478 e. The normalized spacial score (nSPS) is 16.1. The topological polar surface area (TPSA) is 55.1 Å². The van der Waals surface area contributed by atoms with Crippen LogP contribution >= 0.6 is 0 Å². The van der Waals surface area contributed by atoms with Gasteiger partial charge in [0.2, 0.25) is 0 Å². The van der Waals surface area contributed by atoms with Gasteiger partial charge < -0.3 is 9.67 Å². The monoisotopic (exact) mass is 286 g/mol. The van der Waals surface area contributed by atoms with E-state index >= 15 is 0 Å². The van der Waals surface area contributed by atoms with Crippen LogP contribution in [0, 0.1) is 5.92 Å². The maximum Gasteiger partial charge on any atom is 0.335 e. The molecule has 0 spiro atoms. The van der Waals surface area contributed by atoms with E-state index in [0.29, 0.717) is 11.5 Å². The summed E-state index contributed by atoms with van der Waals surface area (Å²) in [4.78, 5) is 15.8. The number of carbonyl (C=O) groups is 1. The SMILES string of the molecule is CC(C)c1nc2cc(C(=O)O)ccc2n1CC1CCCC1. The van der Waals surface area contributed by atoms with Crippen LogP contribution in [0.2, 0.25) is 0 Å². The molecule has 0 unspecified atom stereocenters. The van der Waals surface area contributed by atoms with Gasteiger partial charge in [0.15, 0.2) is 0 Å². The number of carboxylic acid groups (broad SMARTS) is 1. The molecule has 1 fully saturated rings. The van der Waals surface area contributed by atoms with Crippen molar-refractivity contribution in [1.29, 1.82) is 0 Å². The molecule has 1 N–H and O–H groups in total. The second kappa shape index (κ2) is 5.51. The highest BCUT2D eigenvalue weighted by Gasteiger charge is 2.21. The minimum atomic E-state index is -0.895. The second-order valence-corrected chi connectivity index (χ2v) is 6.39. The highest BCUT2D eigenvalue weighted by Crippen LogP contribution is 2.30. The number of carboxylic acids is 1. The predicted molar refractivity (Wildman–Crippen MR) is 82.7 cm³/mol. The molecular weight excluding hydrogens is 264 g/mol. The number of fused-ring (bicyclic) bond motifs is 1. The van der Waals surface area contributed by atoms with E-state index in [1.54, 1.807) is 12.1 Å². The van der Waals surface area contributed by atoms with Crippen molar-refractivity contribution in [3.8, 4) is 0 Å². The van der Waals surface area contributed by atoms with Crippen LogP contribution in [0.1, 0.15) is 61.6 Å². The molecule has 1 aromatic heterocycles. The van der Waals surface area contributed by atoms with E-state index in [0.717, 1.165) is 29.3 Å². The average Bonchev–Trinajstić information content (AvgIpc) is 3.06. The zero-order chi connectivity index (χ0) is 15.0. The Morgan fingerprint density at radius 1 is 1.38 bits per heavy atom. The predicted octanol–water partition coefficient (Wildman–Crippen LogP) is 4.05. The van der Waals surface area contributed by atoms with Crippen LogP contribution < -0.4 is 0 Å². The smallest absolute Gasteiger partial charge is 0.335 e. The van der Waals surface area contributed by atoms with Gasteiger partial charge in [-0.15, -0.1) is 0 Å². The molecule has 1 aliphatic rings. The highest BCUT2D eigenvalue weighted by molar-refractivity contribution is 5.92. The number of aromatic carboxylic acids is 1. The molecule has 0 aliphatic heterocycles. The number of aromatic nitrogens is 2. The van der Waals surface area contributed by atoms with E-state index in [1.165, 1.54) is 25.7 Å². The van der Waals surface area contributed by atoms with Crippen LogP contribution in [0.25, 0.3) is 11.0 Å². The molecule has 4 nitrogen and oxygen atoms in total. The van der Waals surface area contributed by atoms with Crippen molar-refractivity contribution in [3.63, 3.8) is 0 Å². The van der Waals surface area contributed by atoms with Crippen molar-refractivity contribution in [3.05, 3.63) is 29.6 Å². The lowest BCUT2D eigenvalue weighted by atomic mass is 10.1. The Morgan fingerprint density at radius 2 is 2.10 bits per heavy atom. The Bertz CT molecular complexity index is 667. The van der Waals surface area contributed by atoms with Gasteiger partial charge in [-0.3, -0.25) is 0 Å². The Balaban J connectivity index is 2.06. The van der Waals surface area contributed by atoms with Crippen LogP contribution in [0.5, 0.6) is 0 Å². The van der Waals surface area contributed by atoms with Gasteiger partial charge in [-0.2, -0.15) is 0 Å². The lowest BCUT2D eigenvalue weighted by molar-refractivity contribution is 0.0697. The number of benzene rings is 1. The zero-order valence-corrected chi connectivity index (χ0v) is 12.7. The summed E-state index contributed by atoms with van der Waals surface area (Å²) in [5.41, 5.74) is 2.18. The summed E-state index contributed by atoms with van der Waals surface area (Å²) in [6.07, 6.45) is 5.25. The van der Waals surface area contributed by atoms with Gasteiger partial charge in [0.05, 0.1) is 16.6 Å². The average molecular weight is 286 g/mol. The van der Waals surface area contributed by atoms with E-state index in [2.05, 4.69) is 18.4 Å². The molecule has 0 amide bonds. The summed E-state index contributed by atoms with van der Waals surface area (Å²) < 4.78 is 2.31. The minimum absolute atomic E-state index is 0.309. The summed E-state index contributed by atoms with van der Waals surface area (Å²) in [6.45, 7) is 5.30. The van der Waals surface area contributed by atoms with Crippen LogP contribution in [0.4, 0.5) is 0 Å². The maximum absolute atomic E-state index is 11.1. The molecule has 3 rings (SSSR count). The fourth-order valence-corrected chi connectivity index (χ4v) is 3.37. The third-order valence-electron chi connectivity index (χ3n) is 4.46. The first kappa shape index (κ1) is 14.1. The highest BCUT2D eigenvalue weighted by atomic mass is 16.4. The fourth-order valence-electron chi connectivity index (χ4n) is 3.37. The number of rotatable bonds is 4. The number of hydrogen-bond donors (Lipinski definition) is 1. The zero-order valence-electron chi connectivity index (χ0n) is 12.7. The Morgan fingerprint density at radius 3 is 2.71 bits per heavy atom. The van der Waals surface area contributed by atoms with Crippen molar-refractivity contribution in [1.82, 2.24) is 9.55 Å². The second-order valence-electron chi connectivity index (χ2n) is 6.39. The molecular formula is C17H22N2O2. The first-order valence-electron chi connectivity index (χ1n) is 7.79. The van der Waals surface area contributed by atoms with Crippen molar-refractivity contribution in [2.75, 3.05) is 0 Å². The van der Waals surface area contributed by atoms with Gasteiger partial charge in [0.1, 0.15) is 5.82 Å². The summed E-state index contributed by atoms with van der Waals surface area (Å²) in [7, 11) is 0. The van der Waals surface area contributed by atoms with Gasteiger partial charge in [0, 0.05) is 12.5 Å². The lowest BCUT2D eigenvalue weighted by Gasteiger charge is -2.15. The van der Waals surface area contributed by atoms with E-state index in [9.17, 15) is 4.79 Å². The fraction of sp³-hybridized carbons (Fsp3) is 0.529. The molecule has 0 radical (unpaired) electrons. The summed E-state index contributed by atoms with van der Waals surface area (Å²) >= 11 is 0. The maximum atomic E-state index is 11.1. The van der Waals surface area contributed by atoms with Crippen molar-refractivity contribution < 1.29 is 9.90 Å². The van der Waals surface area contributed by atoms with E-state index in [4.69, 9.17) is 10.1 Å². The van der Waals surface area contributed by atoms with Gasteiger partial charge >= 0.3 is 5.97 Å². The molecule has 21 heavy (non-hydrogen) atoms. The Kier molecular flexibility index (Phi) is 3.70. The minimum Gasteiger partial charge on any atom is -0.478 e. The number of hydrogen-bond acceptors (Lipinski definition) is 2. The third kappa shape index (κ3) is 2.67. The number of imidazole rings is 1. The van der Waals surface area contributed by atoms with Crippen LogP contribution in [-0.2, 0) is 6.54 Å². The standard InChI is InChI=1S/C17H22N2O2/c1-11(2)16-18-14-9-13(17(20)21)7-8-15(14)19(16)10-12-5-3-4-6-12/h7-9,11-12H,3-6,10H2,1-2H3,(H,20,21). The van der Waals surface area contributed by atoms with E-state index in [1.807, 2.05) is 6.07 Å².